The van der Waals surface area contributed by atoms with E-state index in [-0.39, 0.29) is 0 Å². The van der Waals surface area contributed by atoms with Crippen molar-refractivity contribution in [3.8, 4) is 0 Å². The van der Waals surface area contributed by atoms with Crippen LogP contribution in [-0.2, 0) is 6.54 Å². The molecular weight excluding hydrogens is 242 g/mol. The number of aryl methyl sites for hydroxylation is 1. The van der Waals surface area contributed by atoms with Crippen LogP contribution in [0, 0.1) is 6.92 Å². The SMILES string of the molecule is Cc1cc(CNc2nccs2)c2ccccc2n1. The highest BCUT2D eigenvalue weighted by Crippen LogP contribution is 2.20. The summed E-state index contributed by atoms with van der Waals surface area (Å²) in [4.78, 5) is 8.77. The number of para-hydroxylation sites is 1. The topological polar surface area (TPSA) is 37.8 Å². The first-order valence-electron chi connectivity index (χ1n) is 5.81. The lowest BCUT2D eigenvalue weighted by Crippen LogP contribution is -2.01. The summed E-state index contributed by atoms with van der Waals surface area (Å²) in [5, 5.41) is 7.46. The Bertz CT molecular complexity index is 662. The van der Waals surface area contributed by atoms with Gasteiger partial charge < -0.3 is 5.32 Å². The minimum absolute atomic E-state index is 0.775. The number of hydrogen-bond donors (Lipinski definition) is 1. The Hall–Kier alpha value is -1.94. The molecule has 0 fully saturated rings. The lowest BCUT2D eigenvalue weighted by Gasteiger charge is -2.08. The van der Waals surface area contributed by atoms with Gasteiger partial charge in [-0.05, 0) is 24.6 Å². The standard InChI is InChI=1S/C14H13N3S/c1-10-8-11(9-16-14-15-6-7-18-14)12-4-2-3-5-13(12)17-10/h2-8H,9H2,1H3,(H,15,16). The molecule has 3 nitrogen and oxygen atoms in total. The third kappa shape index (κ3) is 2.19. The molecule has 18 heavy (non-hydrogen) atoms. The fourth-order valence-corrected chi connectivity index (χ4v) is 2.55. The minimum Gasteiger partial charge on any atom is -0.357 e. The second-order valence-electron chi connectivity index (χ2n) is 4.13. The number of benzene rings is 1. The summed E-state index contributed by atoms with van der Waals surface area (Å²) in [5.41, 5.74) is 3.35. The van der Waals surface area contributed by atoms with Crippen LogP contribution in [0.3, 0.4) is 0 Å². The maximum absolute atomic E-state index is 4.54. The third-order valence-corrected chi connectivity index (χ3v) is 3.52. The summed E-state index contributed by atoms with van der Waals surface area (Å²) in [6.45, 7) is 2.80. The molecule has 0 amide bonds. The van der Waals surface area contributed by atoms with Crippen LogP contribution in [0.15, 0.2) is 41.9 Å². The van der Waals surface area contributed by atoms with Crippen molar-refractivity contribution >= 4 is 27.4 Å². The van der Waals surface area contributed by atoms with Gasteiger partial charge in [-0.2, -0.15) is 0 Å². The molecule has 3 rings (SSSR count). The van der Waals surface area contributed by atoms with Crippen molar-refractivity contribution < 1.29 is 0 Å². The van der Waals surface area contributed by atoms with Gasteiger partial charge in [-0.25, -0.2) is 4.98 Å². The Morgan fingerprint density at radius 2 is 2.17 bits per heavy atom. The van der Waals surface area contributed by atoms with Crippen molar-refractivity contribution in [3.05, 3.63) is 53.2 Å². The molecular formula is C14H13N3S. The first-order chi connectivity index (χ1) is 8.83. The van der Waals surface area contributed by atoms with E-state index in [4.69, 9.17) is 0 Å². The second-order valence-corrected chi connectivity index (χ2v) is 5.03. The summed E-state index contributed by atoms with van der Waals surface area (Å²) in [7, 11) is 0. The molecule has 90 valence electrons. The first kappa shape index (κ1) is 11.2. The van der Waals surface area contributed by atoms with E-state index in [1.54, 1.807) is 11.3 Å². The summed E-state index contributed by atoms with van der Waals surface area (Å²) < 4.78 is 0. The predicted octanol–water partition coefficient (Wildman–Crippen LogP) is 3.61. The van der Waals surface area contributed by atoms with Crippen LogP contribution in [0.1, 0.15) is 11.3 Å². The van der Waals surface area contributed by atoms with E-state index in [1.807, 2.05) is 30.6 Å². The van der Waals surface area contributed by atoms with Crippen molar-refractivity contribution in [1.29, 1.82) is 0 Å². The van der Waals surface area contributed by atoms with Crippen LogP contribution in [0.25, 0.3) is 10.9 Å². The van der Waals surface area contributed by atoms with Crippen molar-refractivity contribution in [3.63, 3.8) is 0 Å². The van der Waals surface area contributed by atoms with Gasteiger partial charge in [0.05, 0.1) is 5.52 Å². The maximum Gasteiger partial charge on any atom is 0.182 e. The summed E-state index contributed by atoms with van der Waals surface area (Å²) >= 11 is 1.61. The Labute approximate surface area is 110 Å². The lowest BCUT2D eigenvalue weighted by molar-refractivity contribution is 1.12. The van der Waals surface area contributed by atoms with E-state index in [2.05, 4.69) is 33.5 Å². The monoisotopic (exact) mass is 255 g/mol. The van der Waals surface area contributed by atoms with Gasteiger partial charge in [0, 0.05) is 29.2 Å². The number of nitrogens with one attached hydrogen (secondary N) is 1. The maximum atomic E-state index is 4.54. The molecule has 0 aliphatic rings. The molecule has 0 saturated carbocycles. The molecule has 0 aliphatic carbocycles. The van der Waals surface area contributed by atoms with Crippen LogP contribution >= 0.6 is 11.3 Å². The van der Waals surface area contributed by atoms with Gasteiger partial charge in [0.1, 0.15) is 0 Å². The molecule has 0 spiro atoms. The molecule has 0 unspecified atom stereocenters. The van der Waals surface area contributed by atoms with Crippen molar-refractivity contribution in [2.45, 2.75) is 13.5 Å². The molecule has 1 aromatic carbocycles. The third-order valence-electron chi connectivity index (χ3n) is 2.79. The Morgan fingerprint density at radius 3 is 3.00 bits per heavy atom. The largest absolute Gasteiger partial charge is 0.357 e. The molecule has 0 atom stereocenters. The molecule has 2 aromatic heterocycles. The number of hydrogen-bond acceptors (Lipinski definition) is 4. The smallest absolute Gasteiger partial charge is 0.182 e. The fourth-order valence-electron chi connectivity index (χ4n) is 2.02. The van der Waals surface area contributed by atoms with Crippen LogP contribution < -0.4 is 5.32 Å². The zero-order valence-corrected chi connectivity index (χ0v) is 10.9. The van der Waals surface area contributed by atoms with E-state index < -0.39 is 0 Å². The van der Waals surface area contributed by atoms with E-state index in [0.29, 0.717) is 0 Å². The number of aromatic nitrogens is 2. The highest BCUT2D eigenvalue weighted by atomic mass is 32.1. The predicted molar refractivity (Wildman–Crippen MR) is 75.9 cm³/mol. The number of pyridine rings is 1. The Balaban J connectivity index is 1.95. The van der Waals surface area contributed by atoms with Gasteiger partial charge in [-0.3, -0.25) is 4.98 Å². The van der Waals surface area contributed by atoms with Gasteiger partial charge in [0.25, 0.3) is 0 Å². The van der Waals surface area contributed by atoms with E-state index >= 15 is 0 Å². The van der Waals surface area contributed by atoms with Gasteiger partial charge >= 0.3 is 0 Å². The van der Waals surface area contributed by atoms with Crippen LogP contribution in [-0.4, -0.2) is 9.97 Å². The van der Waals surface area contributed by atoms with Crippen LogP contribution in [0.5, 0.6) is 0 Å². The summed E-state index contributed by atoms with van der Waals surface area (Å²) in [6.07, 6.45) is 1.81. The average Bonchev–Trinajstić information content (AvgIpc) is 2.89. The van der Waals surface area contributed by atoms with E-state index in [9.17, 15) is 0 Å². The number of fused-ring (bicyclic) bond motifs is 1. The van der Waals surface area contributed by atoms with E-state index in [1.165, 1.54) is 10.9 Å². The Morgan fingerprint density at radius 1 is 1.28 bits per heavy atom. The van der Waals surface area contributed by atoms with Gasteiger partial charge in [-0.15, -0.1) is 11.3 Å². The molecule has 2 heterocycles. The number of rotatable bonds is 3. The second kappa shape index (κ2) is 4.74. The molecule has 0 aliphatic heterocycles. The van der Waals surface area contributed by atoms with Gasteiger partial charge in [0.2, 0.25) is 0 Å². The van der Waals surface area contributed by atoms with Crippen molar-refractivity contribution in [2.75, 3.05) is 5.32 Å². The zero-order valence-electron chi connectivity index (χ0n) is 10.1. The normalized spacial score (nSPS) is 10.7. The van der Waals surface area contributed by atoms with E-state index in [0.717, 1.165) is 22.9 Å². The quantitative estimate of drug-likeness (QED) is 0.777. The first-order valence-corrected chi connectivity index (χ1v) is 6.69. The average molecular weight is 255 g/mol. The molecule has 3 aromatic rings. The summed E-state index contributed by atoms with van der Waals surface area (Å²) in [6, 6.07) is 10.4. The minimum atomic E-state index is 0.775. The number of nitrogens with zero attached hydrogens (tertiary/aromatic N) is 2. The fraction of sp³-hybridized carbons (Fsp3) is 0.143. The molecule has 0 radical (unpaired) electrons. The van der Waals surface area contributed by atoms with Gasteiger partial charge in [0.15, 0.2) is 5.13 Å². The van der Waals surface area contributed by atoms with Crippen molar-refractivity contribution in [2.24, 2.45) is 0 Å². The number of thiazole rings is 1. The summed E-state index contributed by atoms with van der Waals surface area (Å²) in [5.74, 6) is 0. The highest BCUT2D eigenvalue weighted by Gasteiger charge is 2.04. The molecule has 1 N–H and O–H groups in total. The Kier molecular flexibility index (Phi) is 2.94. The molecule has 4 heteroatoms. The van der Waals surface area contributed by atoms with Gasteiger partial charge in [-0.1, -0.05) is 18.2 Å². The zero-order chi connectivity index (χ0) is 12.4. The lowest BCUT2D eigenvalue weighted by atomic mass is 10.1. The van der Waals surface area contributed by atoms with Crippen molar-refractivity contribution in [1.82, 2.24) is 9.97 Å². The van der Waals surface area contributed by atoms with Crippen LogP contribution in [0.4, 0.5) is 5.13 Å². The number of anilines is 1. The highest BCUT2D eigenvalue weighted by molar-refractivity contribution is 7.13. The van der Waals surface area contributed by atoms with Crippen LogP contribution in [0.2, 0.25) is 0 Å². The molecule has 0 bridgehead atoms. The molecule has 0 saturated heterocycles.